The van der Waals surface area contributed by atoms with E-state index >= 15 is 0 Å². The first-order valence-electron chi connectivity index (χ1n) is 1.57. The molecular formula is C7Fe2KN7. The van der Waals surface area contributed by atoms with Gasteiger partial charge in [-0.2, -0.15) is 0 Å². The molecule has 0 aromatic carbocycles. The van der Waals surface area contributed by atoms with E-state index in [1.54, 1.807) is 0 Å². The maximum absolute atomic E-state index is 6.25. The standard InChI is InChI=1S/7CN.2Fe.K/c7*1-2;;;/q7*-1;2*+3;+1. The smallest absolute Gasteiger partial charge is 0.512 e. The number of rotatable bonds is 0. The van der Waals surface area contributed by atoms with Crippen molar-refractivity contribution in [1.82, 2.24) is 0 Å². The summed E-state index contributed by atoms with van der Waals surface area (Å²) in [5, 5.41) is 43.8. The average Bonchev–Trinajstić information content (AvgIpc) is 2.45. The zero-order chi connectivity index (χ0) is 14.0. The molecule has 0 atom stereocenters. The van der Waals surface area contributed by atoms with E-state index in [0.717, 1.165) is 0 Å². The molecular weight excluding hydrogens is 333 g/mol. The molecule has 0 bridgehead atoms. The predicted molar refractivity (Wildman–Crippen MR) is 34.8 cm³/mol. The van der Waals surface area contributed by atoms with Crippen molar-refractivity contribution in [3.8, 4) is 0 Å². The van der Waals surface area contributed by atoms with Crippen LogP contribution in [0.4, 0.5) is 0 Å². The second kappa shape index (κ2) is 3750. The van der Waals surface area contributed by atoms with Crippen molar-refractivity contribution in [3.05, 3.63) is 46.0 Å². The summed E-state index contributed by atoms with van der Waals surface area (Å²) in [4.78, 5) is 0. The van der Waals surface area contributed by atoms with E-state index in [1.165, 1.54) is 0 Å². The molecule has 10 heteroatoms. The van der Waals surface area contributed by atoms with Crippen LogP contribution in [0.3, 0.4) is 0 Å². The maximum Gasteiger partial charge on any atom is 3.00 e. The van der Waals surface area contributed by atoms with Crippen LogP contribution in [0, 0.1) is 82.8 Å². The van der Waals surface area contributed by atoms with E-state index in [1.807, 2.05) is 0 Å². The van der Waals surface area contributed by atoms with E-state index in [9.17, 15) is 0 Å². The Labute approximate surface area is 166 Å². The van der Waals surface area contributed by atoms with Gasteiger partial charge >= 0.3 is 85.5 Å². The molecule has 80 valence electrons. The van der Waals surface area contributed by atoms with E-state index < -0.39 is 0 Å². The molecule has 0 spiro atoms. The van der Waals surface area contributed by atoms with E-state index in [4.69, 9.17) is 82.8 Å². The molecule has 2 radical (unpaired) electrons. The van der Waals surface area contributed by atoms with Gasteiger partial charge in [0.1, 0.15) is 0 Å². The monoisotopic (exact) mass is 333 g/mol. The summed E-state index contributed by atoms with van der Waals surface area (Å²) in [7, 11) is 0. The van der Waals surface area contributed by atoms with E-state index in [0.29, 0.717) is 0 Å². The Bertz CT molecular complexity index is 120. The number of hydrogen-bond acceptors (Lipinski definition) is 7. The molecule has 0 heterocycles. The zero-order valence-corrected chi connectivity index (χ0v) is 13.7. The molecule has 0 unspecified atom stereocenters. The van der Waals surface area contributed by atoms with Gasteiger partial charge in [-0.25, -0.2) is 0 Å². The molecule has 7 nitrogen and oxygen atoms in total. The molecule has 0 amide bonds. The fourth-order valence-corrected chi connectivity index (χ4v) is 0. The summed E-state index contributed by atoms with van der Waals surface area (Å²) in [6.07, 6.45) is 0. The van der Waals surface area contributed by atoms with Gasteiger partial charge in [0, 0.05) is 0 Å². The predicted octanol–water partition coefficient (Wildman–Crippen LogP) is -2.33. The molecule has 0 aliphatic rings. The van der Waals surface area contributed by atoms with Crippen LogP contribution >= 0.6 is 0 Å². The first kappa shape index (κ1) is 98.6. The molecule has 0 saturated carbocycles. The summed E-state index contributed by atoms with van der Waals surface area (Å²) in [5.41, 5.74) is 0. The minimum absolute atomic E-state index is 0. The van der Waals surface area contributed by atoms with Crippen LogP contribution in [0.25, 0.3) is 0 Å². The molecule has 0 fully saturated rings. The third-order valence-electron chi connectivity index (χ3n) is 0. The average molecular weight is 333 g/mol. The topological polar surface area (TPSA) is 167 Å². The Hall–Kier alpha value is -0.895. The van der Waals surface area contributed by atoms with Crippen molar-refractivity contribution in [2.75, 3.05) is 0 Å². The van der Waals surface area contributed by atoms with Gasteiger partial charge in [-0.1, -0.05) is 0 Å². The Morgan fingerprint density at radius 1 is 0.294 bits per heavy atom. The fourth-order valence-electron chi connectivity index (χ4n) is 0. The van der Waals surface area contributed by atoms with Crippen molar-refractivity contribution in [2.45, 2.75) is 0 Å². The molecule has 0 aliphatic carbocycles. The van der Waals surface area contributed by atoms with Crippen molar-refractivity contribution >= 4 is 0 Å². The van der Waals surface area contributed by atoms with Crippen LogP contribution in [0.1, 0.15) is 0 Å². The van der Waals surface area contributed by atoms with Crippen LogP contribution in [0.15, 0.2) is 0 Å². The van der Waals surface area contributed by atoms with Crippen LogP contribution in [-0.4, -0.2) is 0 Å². The molecule has 0 rings (SSSR count). The molecule has 17 heavy (non-hydrogen) atoms. The van der Waals surface area contributed by atoms with Crippen molar-refractivity contribution in [3.63, 3.8) is 0 Å². The Morgan fingerprint density at radius 3 is 0.294 bits per heavy atom. The minimum Gasteiger partial charge on any atom is -0.512 e. The summed E-state index contributed by atoms with van der Waals surface area (Å²) >= 11 is 0. The van der Waals surface area contributed by atoms with Gasteiger partial charge in [-0.05, 0) is 0 Å². The first-order chi connectivity index (χ1) is 7.00. The summed E-state index contributed by atoms with van der Waals surface area (Å²) < 4.78 is 0. The Morgan fingerprint density at radius 2 is 0.294 bits per heavy atom. The summed E-state index contributed by atoms with van der Waals surface area (Å²) in [6.45, 7) is 33.2. The SMILES string of the molecule is [C-]#N.[C-]#N.[C-]#N.[C-]#N.[C-]#N.[C-]#N.[C-]#N.[Fe+3].[Fe+3].[K+]. The zero-order valence-electron chi connectivity index (χ0n) is 8.34. The second-order valence-electron chi connectivity index (χ2n) is 0. The van der Waals surface area contributed by atoms with Crippen molar-refractivity contribution in [2.24, 2.45) is 0 Å². The van der Waals surface area contributed by atoms with Crippen LogP contribution in [0.2, 0.25) is 0 Å². The third-order valence-corrected chi connectivity index (χ3v) is 0. The Balaban J connectivity index is -0.00000000408. The van der Waals surface area contributed by atoms with Crippen molar-refractivity contribution < 1.29 is 85.5 Å². The summed E-state index contributed by atoms with van der Waals surface area (Å²) in [5.74, 6) is 0. The van der Waals surface area contributed by atoms with Gasteiger partial charge in [0.25, 0.3) is 0 Å². The molecule has 0 aromatic heterocycles. The van der Waals surface area contributed by atoms with Gasteiger partial charge in [0.15, 0.2) is 0 Å². The van der Waals surface area contributed by atoms with Crippen LogP contribution in [0.5, 0.6) is 0 Å². The second-order valence-corrected chi connectivity index (χ2v) is 0. The van der Waals surface area contributed by atoms with Gasteiger partial charge in [0.05, 0.1) is 0 Å². The summed E-state index contributed by atoms with van der Waals surface area (Å²) in [6, 6.07) is 0. The van der Waals surface area contributed by atoms with Gasteiger partial charge in [-0.3, -0.25) is 0 Å². The normalized spacial score (nSPS) is 0.824. The van der Waals surface area contributed by atoms with E-state index in [2.05, 4.69) is 0 Å². The van der Waals surface area contributed by atoms with Crippen LogP contribution in [-0.2, 0) is 34.1 Å². The first-order valence-corrected chi connectivity index (χ1v) is 1.57. The van der Waals surface area contributed by atoms with Crippen molar-refractivity contribution in [1.29, 1.82) is 36.8 Å². The molecule has 0 aromatic rings. The third kappa shape index (κ3) is 3240. The largest absolute Gasteiger partial charge is 3.00 e. The molecule has 0 N–H and O–H groups in total. The molecule has 0 saturated heterocycles. The fraction of sp³-hybridized carbons (Fsp3) is 0. The minimum atomic E-state index is 0. The number of nitrogens with zero attached hydrogens (tertiary/aromatic N) is 7. The van der Waals surface area contributed by atoms with E-state index in [-0.39, 0.29) is 85.5 Å². The van der Waals surface area contributed by atoms with Gasteiger partial charge in [-0.15, -0.1) is 0 Å². The van der Waals surface area contributed by atoms with Crippen LogP contribution < -0.4 is 51.4 Å². The van der Waals surface area contributed by atoms with Gasteiger partial charge in [0.2, 0.25) is 0 Å². The number of hydrogen-bond donors (Lipinski definition) is 0. The Kier molecular flexibility index (Phi) is 21800. The van der Waals surface area contributed by atoms with Gasteiger partial charge < -0.3 is 82.8 Å². The quantitative estimate of drug-likeness (QED) is 0.354. The molecule has 0 aliphatic heterocycles. The maximum atomic E-state index is 6.25.